The number of halogens is 4. The van der Waals surface area contributed by atoms with Gasteiger partial charge >= 0.3 is 12.1 Å². The number of carbonyl (C=O) groups is 2. The van der Waals surface area contributed by atoms with Gasteiger partial charge in [0, 0.05) is 25.1 Å². The van der Waals surface area contributed by atoms with Crippen molar-refractivity contribution in [2.45, 2.75) is 31.9 Å². The molecule has 1 unspecified atom stereocenters. The number of piperidine rings is 1. The molecule has 1 aliphatic heterocycles. The average Bonchev–Trinajstić information content (AvgIpc) is 2.51. The normalized spacial score (nSPS) is 18.5. The zero-order chi connectivity index (χ0) is 17.9. The topological polar surface area (TPSA) is 57.6 Å². The average molecular weight is 347 g/mol. The van der Waals surface area contributed by atoms with Gasteiger partial charge in [-0.15, -0.1) is 0 Å². The molecule has 1 aromatic carbocycles. The summed E-state index contributed by atoms with van der Waals surface area (Å²) in [5.41, 5.74) is -1.55. The molecule has 1 aromatic rings. The minimum absolute atomic E-state index is 0.0190. The molecule has 1 atom stereocenters. The maximum Gasteiger partial charge on any atom is 0.416 e. The Morgan fingerprint density at radius 3 is 2.58 bits per heavy atom. The van der Waals surface area contributed by atoms with E-state index in [-0.39, 0.29) is 24.4 Å². The van der Waals surface area contributed by atoms with Crippen LogP contribution in [0.2, 0.25) is 0 Å². The number of hydrogen-bond acceptors (Lipinski definition) is 2. The molecular formula is C16H17F4NO3. The number of rotatable bonds is 4. The molecule has 8 heteroatoms. The van der Waals surface area contributed by atoms with Crippen molar-refractivity contribution >= 4 is 11.9 Å². The number of amides is 1. The number of carbonyl (C=O) groups excluding carboxylic acids is 1. The van der Waals surface area contributed by atoms with Crippen LogP contribution in [0.3, 0.4) is 0 Å². The maximum absolute atomic E-state index is 13.4. The van der Waals surface area contributed by atoms with Crippen molar-refractivity contribution < 1.29 is 32.3 Å². The van der Waals surface area contributed by atoms with Gasteiger partial charge in [-0.1, -0.05) is 0 Å². The fraction of sp³-hybridized carbons (Fsp3) is 0.500. The van der Waals surface area contributed by atoms with Crippen molar-refractivity contribution in [2.24, 2.45) is 5.92 Å². The lowest BCUT2D eigenvalue weighted by Crippen LogP contribution is -2.40. The van der Waals surface area contributed by atoms with Gasteiger partial charge in [0.05, 0.1) is 5.56 Å². The van der Waals surface area contributed by atoms with Crippen LogP contribution in [0.1, 0.15) is 41.6 Å². The molecule has 24 heavy (non-hydrogen) atoms. The number of hydrogen-bond donors (Lipinski definition) is 1. The summed E-state index contributed by atoms with van der Waals surface area (Å²) in [6, 6.07) is 1.79. The molecular weight excluding hydrogens is 330 g/mol. The number of nitrogens with zero attached hydrogens (tertiary/aromatic N) is 1. The van der Waals surface area contributed by atoms with Crippen LogP contribution in [-0.2, 0) is 11.0 Å². The molecule has 4 nitrogen and oxygen atoms in total. The first-order valence-electron chi connectivity index (χ1n) is 7.55. The fourth-order valence-electron chi connectivity index (χ4n) is 2.87. The van der Waals surface area contributed by atoms with Crippen molar-refractivity contribution in [2.75, 3.05) is 13.1 Å². The van der Waals surface area contributed by atoms with E-state index in [1.54, 1.807) is 0 Å². The second kappa shape index (κ2) is 7.19. The molecule has 1 heterocycles. The monoisotopic (exact) mass is 347 g/mol. The second-order valence-corrected chi connectivity index (χ2v) is 5.92. The van der Waals surface area contributed by atoms with E-state index < -0.39 is 29.4 Å². The molecule has 0 aromatic heterocycles. The minimum atomic E-state index is -4.73. The molecule has 0 bridgehead atoms. The quantitative estimate of drug-likeness (QED) is 0.848. The van der Waals surface area contributed by atoms with Crippen LogP contribution < -0.4 is 0 Å². The summed E-state index contributed by atoms with van der Waals surface area (Å²) in [5.74, 6) is -2.74. The van der Waals surface area contributed by atoms with Crippen molar-refractivity contribution in [3.05, 3.63) is 35.1 Å². The largest absolute Gasteiger partial charge is 0.481 e. The van der Waals surface area contributed by atoms with Gasteiger partial charge in [-0.2, -0.15) is 13.2 Å². The predicted molar refractivity (Wildman–Crippen MR) is 76.9 cm³/mol. The van der Waals surface area contributed by atoms with Gasteiger partial charge in [-0.3, -0.25) is 9.59 Å². The minimum Gasteiger partial charge on any atom is -0.481 e. The Balaban J connectivity index is 2.13. The third-order valence-electron chi connectivity index (χ3n) is 4.04. The Hall–Kier alpha value is -2.12. The van der Waals surface area contributed by atoms with Crippen LogP contribution >= 0.6 is 0 Å². The van der Waals surface area contributed by atoms with Crippen LogP contribution in [0.4, 0.5) is 17.6 Å². The van der Waals surface area contributed by atoms with E-state index >= 15 is 0 Å². The summed E-state index contributed by atoms with van der Waals surface area (Å²) in [6.07, 6.45) is -2.96. The molecule has 1 N–H and O–H groups in total. The van der Waals surface area contributed by atoms with Gasteiger partial charge in [0.2, 0.25) is 0 Å². The predicted octanol–water partition coefficient (Wildman–Crippen LogP) is 3.56. The van der Waals surface area contributed by atoms with Gasteiger partial charge in [-0.25, -0.2) is 4.39 Å². The van der Waals surface area contributed by atoms with Crippen molar-refractivity contribution in [1.82, 2.24) is 4.90 Å². The molecule has 1 aliphatic rings. The Labute approximate surface area is 136 Å². The Morgan fingerprint density at radius 1 is 1.25 bits per heavy atom. The molecule has 1 amide bonds. The van der Waals surface area contributed by atoms with Crippen LogP contribution in [0.15, 0.2) is 18.2 Å². The lowest BCUT2D eigenvalue weighted by atomic mass is 9.93. The number of benzene rings is 1. The SMILES string of the molecule is O=C(O)CCC1CCCN(C(=O)c2cc(F)cc(C(F)(F)F)c2)C1. The van der Waals surface area contributed by atoms with Gasteiger partial charge in [0.15, 0.2) is 0 Å². The van der Waals surface area contributed by atoms with Gasteiger partial charge in [0.1, 0.15) is 5.82 Å². The summed E-state index contributed by atoms with van der Waals surface area (Å²) in [6.45, 7) is 0.629. The zero-order valence-corrected chi connectivity index (χ0v) is 12.8. The van der Waals surface area contributed by atoms with Crippen molar-refractivity contribution in [3.8, 4) is 0 Å². The highest BCUT2D eigenvalue weighted by atomic mass is 19.4. The summed E-state index contributed by atoms with van der Waals surface area (Å²) in [5, 5.41) is 8.71. The van der Waals surface area contributed by atoms with E-state index in [0.717, 1.165) is 12.5 Å². The third-order valence-corrected chi connectivity index (χ3v) is 4.04. The van der Waals surface area contributed by atoms with Gasteiger partial charge in [0.25, 0.3) is 5.91 Å². The first-order chi connectivity index (χ1) is 11.2. The summed E-state index contributed by atoms with van der Waals surface area (Å²) >= 11 is 0. The molecule has 0 aliphatic carbocycles. The maximum atomic E-state index is 13.4. The lowest BCUT2D eigenvalue weighted by molar-refractivity contribution is -0.138. The van der Waals surface area contributed by atoms with E-state index in [1.807, 2.05) is 0 Å². The van der Waals surface area contributed by atoms with Crippen LogP contribution in [0.5, 0.6) is 0 Å². The molecule has 1 saturated heterocycles. The van der Waals surface area contributed by atoms with E-state index in [2.05, 4.69) is 0 Å². The number of carboxylic acid groups (broad SMARTS) is 1. The molecule has 132 valence electrons. The molecule has 2 rings (SSSR count). The number of alkyl halides is 3. The van der Waals surface area contributed by atoms with Crippen LogP contribution in [0.25, 0.3) is 0 Å². The first kappa shape index (κ1) is 18.2. The van der Waals surface area contributed by atoms with E-state index in [4.69, 9.17) is 5.11 Å². The van der Waals surface area contributed by atoms with Crippen molar-refractivity contribution in [1.29, 1.82) is 0 Å². The second-order valence-electron chi connectivity index (χ2n) is 5.92. The Morgan fingerprint density at radius 2 is 1.96 bits per heavy atom. The highest BCUT2D eigenvalue weighted by molar-refractivity contribution is 5.94. The number of likely N-dealkylation sites (tertiary alicyclic amines) is 1. The highest BCUT2D eigenvalue weighted by Crippen LogP contribution is 2.31. The molecule has 1 fully saturated rings. The van der Waals surface area contributed by atoms with Gasteiger partial charge in [-0.05, 0) is 43.4 Å². The van der Waals surface area contributed by atoms with E-state index in [1.165, 1.54) is 4.90 Å². The summed E-state index contributed by atoms with van der Waals surface area (Å²) in [4.78, 5) is 24.4. The third kappa shape index (κ3) is 4.69. The Kier molecular flexibility index (Phi) is 5.46. The van der Waals surface area contributed by atoms with Crippen LogP contribution in [-0.4, -0.2) is 35.0 Å². The number of carboxylic acids is 1. The standard InChI is InChI=1S/C16H17F4NO3/c17-13-7-11(6-12(8-13)16(18,19)20)15(24)21-5-1-2-10(9-21)3-4-14(22)23/h6-8,10H,1-5,9H2,(H,22,23). The first-order valence-corrected chi connectivity index (χ1v) is 7.55. The molecule has 0 radical (unpaired) electrons. The van der Waals surface area contributed by atoms with E-state index in [9.17, 15) is 27.2 Å². The summed E-state index contributed by atoms with van der Waals surface area (Å²) < 4.78 is 51.7. The number of aliphatic carboxylic acids is 1. The van der Waals surface area contributed by atoms with Gasteiger partial charge < -0.3 is 10.0 Å². The summed E-state index contributed by atoms with van der Waals surface area (Å²) in [7, 11) is 0. The fourth-order valence-corrected chi connectivity index (χ4v) is 2.87. The van der Waals surface area contributed by atoms with Crippen molar-refractivity contribution in [3.63, 3.8) is 0 Å². The molecule has 0 spiro atoms. The molecule has 0 saturated carbocycles. The van der Waals surface area contributed by atoms with Crippen LogP contribution in [0, 0.1) is 11.7 Å². The Bertz CT molecular complexity index is 630. The lowest BCUT2D eigenvalue weighted by Gasteiger charge is -2.32. The smallest absolute Gasteiger partial charge is 0.416 e. The highest BCUT2D eigenvalue weighted by Gasteiger charge is 2.33. The zero-order valence-electron chi connectivity index (χ0n) is 12.8. The van der Waals surface area contributed by atoms with E-state index in [0.29, 0.717) is 31.5 Å².